The van der Waals surface area contributed by atoms with E-state index in [0.717, 1.165) is 24.2 Å². The normalized spacial score (nSPS) is 18.4. The van der Waals surface area contributed by atoms with Crippen LogP contribution in [0.2, 0.25) is 0 Å². The van der Waals surface area contributed by atoms with E-state index in [4.69, 9.17) is 18.9 Å². The van der Waals surface area contributed by atoms with Gasteiger partial charge in [-0.15, -0.1) is 0 Å². The zero-order valence-corrected chi connectivity index (χ0v) is 26.5. The number of likely N-dealkylation sites (tertiary alicyclic amines) is 1. The first-order chi connectivity index (χ1) is 21.8. The molecule has 1 unspecified atom stereocenters. The topological polar surface area (TPSA) is 97.8 Å². The van der Waals surface area contributed by atoms with Crippen molar-refractivity contribution in [3.05, 3.63) is 94.6 Å². The molecule has 3 aromatic carbocycles. The first-order valence-corrected chi connectivity index (χ1v) is 15.4. The van der Waals surface area contributed by atoms with Crippen LogP contribution in [-0.4, -0.2) is 79.7 Å². The van der Waals surface area contributed by atoms with Gasteiger partial charge in [0.05, 0.1) is 38.5 Å². The van der Waals surface area contributed by atoms with Crippen LogP contribution in [0, 0.1) is 12.8 Å². The highest BCUT2D eigenvalue weighted by atomic mass is 16.5. The Morgan fingerprint density at radius 1 is 0.956 bits per heavy atom. The molecule has 238 valence electrons. The van der Waals surface area contributed by atoms with Crippen LogP contribution in [0.4, 0.5) is 0 Å². The summed E-state index contributed by atoms with van der Waals surface area (Å²) in [4.78, 5) is 31.0. The Labute approximate surface area is 265 Å². The summed E-state index contributed by atoms with van der Waals surface area (Å²) < 4.78 is 23.1. The molecule has 0 spiro atoms. The van der Waals surface area contributed by atoms with Crippen molar-refractivity contribution in [2.45, 2.75) is 33.4 Å². The zero-order chi connectivity index (χ0) is 31.9. The van der Waals surface area contributed by atoms with Gasteiger partial charge < -0.3 is 29.0 Å². The Bertz CT molecular complexity index is 1530. The van der Waals surface area contributed by atoms with Crippen molar-refractivity contribution in [3.8, 4) is 17.2 Å². The number of hydrogen-bond acceptors (Lipinski definition) is 8. The van der Waals surface area contributed by atoms with Gasteiger partial charge in [-0.05, 0) is 59.9 Å². The predicted octanol–water partition coefficient (Wildman–Crippen LogP) is 5.37. The van der Waals surface area contributed by atoms with Crippen LogP contribution >= 0.6 is 0 Å². The Morgan fingerprint density at radius 2 is 1.71 bits per heavy atom. The number of aliphatic hydroxyl groups is 1. The molecule has 0 aromatic heterocycles. The van der Waals surface area contributed by atoms with Crippen molar-refractivity contribution in [1.29, 1.82) is 0 Å². The Hall–Kier alpha value is -4.34. The van der Waals surface area contributed by atoms with Crippen LogP contribution in [0.25, 0.3) is 5.76 Å². The fourth-order valence-electron chi connectivity index (χ4n) is 5.64. The molecule has 9 heteroatoms. The second-order valence-corrected chi connectivity index (χ2v) is 11.8. The predicted molar refractivity (Wildman–Crippen MR) is 172 cm³/mol. The van der Waals surface area contributed by atoms with E-state index in [-0.39, 0.29) is 11.3 Å². The fraction of sp³-hybridized carbons (Fsp3) is 0.389. The summed E-state index contributed by atoms with van der Waals surface area (Å²) in [7, 11) is 1.55. The van der Waals surface area contributed by atoms with Crippen LogP contribution in [-0.2, 0) is 20.9 Å². The monoisotopic (exact) mass is 614 g/mol. The first kappa shape index (κ1) is 32.1. The van der Waals surface area contributed by atoms with E-state index in [9.17, 15) is 14.7 Å². The van der Waals surface area contributed by atoms with Crippen molar-refractivity contribution in [1.82, 2.24) is 9.80 Å². The van der Waals surface area contributed by atoms with Crippen molar-refractivity contribution >= 4 is 17.4 Å². The summed E-state index contributed by atoms with van der Waals surface area (Å²) in [5.74, 6) is 0.446. The number of hydrogen-bond donors (Lipinski definition) is 1. The molecule has 2 aliphatic rings. The lowest BCUT2D eigenvalue weighted by atomic mass is 9.93. The van der Waals surface area contributed by atoms with Gasteiger partial charge in [-0.1, -0.05) is 50.2 Å². The van der Waals surface area contributed by atoms with Crippen LogP contribution in [0.1, 0.15) is 42.1 Å². The number of ether oxygens (including phenoxy) is 4. The molecule has 1 atom stereocenters. The SMILES string of the molecule is COc1cc(C2/C(=C(\O)c3ccc(OCC(C)C)cc3C)C(=O)C(=O)N2CCN2CCOCC2)ccc1OCc1ccccc1. The molecular weight excluding hydrogens is 572 g/mol. The molecule has 2 aliphatic heterocycles. The number of aliphatic hydroxyl groups excluding tert-OH is 1. The summed E-state index contributed by atoms with van der Waals surface area (Å²) in [5, 5.41) is 11.7. The molecule has 0 radical (unpaired) electrons. The van der Waals surface area contributed by atoms with Gasteiger partial charge in [0.25, 0.3) is 11.7 Å². The molecule has 0 bridgehead atoms. The summed E-state index contributed by atoms with van der Waals surface area (Å²) >= 11 is 0. The van der Waals surface area contributed by atoms with Crippen molar-refractivity contribution < 1.29 is 33.6 Å². The average molecular weight is 615 g/mol. The van der Waals surface area contributed by atoms with Gasteiger partial charge in [0.2, 0.25) is 0 Å². The number of amides is 1. The number of methoxy groups -OCH3 is 1. The lowest BCUT2D eigenvalue weighted by Crippen LogP contribution is -2.42. The number of benzene rings is 3. The number of ketones is 1. The maximum atomic E-state index is 13.7. The maximum absolute atomic E-state index is 13.7. The van der Waals surface area contributed by atoms with Gasteiger partial charge in [0, 0.05) is 31.7 Å². The Morgan fingerprint density at radius 3 is 2.40 bits per heavy atom. The van der Waals surface area contributed by atoms with Crippen LogP contribution in [0.3, 0.4) is 0 Å². The molecule has 1 N–H and O–H groups in total. The van der Waals surface area contributed by atoms with Crippen molar-refractivity contribution in [2.75, 3.05) is 53.1 Å². The Balaban J connectivity index is 1.51. The number of aryl methyl sites for hydroxylation is 1. The molecule has 5 rings (SSSR count). The summed E-state index contributed by atoms with van der Waals surface area (Å²) in [5.41, 5.74) is 2.89. The Kier molecular flexibility index (Phi) is 10.4. The molecule has 2 fully saturated rings. The average Bonchev–Trinajstić information content (AvgIpc) is 3.31. The third kappa shape index (κ3) is 7.49. The number of rotatable bonds is 12. The van der Waals surface area contributed by atoms with Crippen LogP contribution in [0.5, 0.6) is 17.2 Å². The van der Waals surface area contributed by atoms with Crippen molar-refractivity contribution in [3.63, 3.8) is 0 Å². The molecule has 45 heavy (non-hydrogen) atoms. The van der Waals surface area contributed by atoms with E-state index in [1.807, 2.05) is 49.4 Å². The smallest absolute Gasteiger partial charge is 0.295 e. The van der Waals surface area contributed by atoms with E-state index < -0.39 is 17.7 Å². The highest BCUT2D eigenvalue weighted by Crippen LogP contribution is 2.42. The van der Waals surface area contributed by atoms with Gasteiger partial charge in [-0.25, -0.2) is 0 Å². The third-order valence-corrected chi connectivity index (χ3v) is 8.08. The highest BCUT2D eigenvalue weighted by Gasteiger charge is 2.46. The quantitative estimate of drug-likeness (QED) is 0.165. The van der Waals surface area contributed by atoms with E-state index in [1.54, 1.807) is 36.3 Å². The van der Waals surface area contributed by atoms with Gasteiger partial charge in [-0.2, -0.15) is 0 Å². The number of Topliss-reactive ketones (excluding diaryl/α,β-unsaturated/α-hetero) is 1. The van der Waals surface area contributed by atoms with Gasteiger partial charge >= 0.3 is 0 Å². The molecule has 0 saturated carbocycles. The zero-order valence-electron chi connectivity index (χ0n) is 26.5. The second-order valence-electron chi connectivity index (χ2n) is 11.8. The van der Waals surface area contributed by atoms with Crippen LogP contribution < -0.4 is 14.2 Å². The van der Waals surface area contributed by atoms with E-state index >= 15 is 0 Å². The molecule has 9 nitrogen and oxygen atoms in total. The summed E-state index contributed by atoms with van der Waals surface area (Å²) in [6, 6.07) is 19.7. The minimum atomic E-state index is -0.820. The van der Waals surface area contributed by atoms with E-state index in [2.05, 4.69) is 18.7 Å². The maximum Gasteiger partial charge on any atom is 0.295 e. The second kappa shape index (κ2) is 14.6. The van der Waals surface area contributed by atoms with Gasteiger partial charge in [-0.3, -0.25) is 14.5 Å². The summed E-state index contributed by atoms with van der Waals surface area (Å²) in [6.07, 6.45) is 0. The van der Waals surface area contributed by atoms with E-state index in [1.165, 1.54) is 0 Å². The lowest BCUT2D eigenvalue weighted by molar-refractivity contribution is -0.140. The molecule has 1 amide bonds. The minimum Gasteiger partial charge on any atom is -0.507 e. The highest BCUT2D eigenvalue weighted by molar-refractivity contribution is 6.46. The summed E-state index contributed by atoms with van der Waals surface area (Å²) in [6.45, 7) is 10.5. The number of nitrogens with zero attached hydrogens (tertiary/aromatic N) is 2. The molecular formula is C36H42N2O7. The van der Waals surface area contributed by atoms with E-state index in [0.29, 0.717) is 73.8 Å². The fourth-order valence-corrected chi connectivity index (χ4v) is 5.64. The lowest BCUT2D eigenvalue weighted by Gasteiger charge is -2.31. The molecule has 2 heterocycles. The van der Waals surface area contributed by atoms with Crippen molar-refractivity contribution in [2.24, 2.45) is 5.92 Å². The standard InChI is InChI=1S/C36H42N2O7/c1-24(2)22-44-28-11-12-29(25(3)20-28)34(39)32-33(38(36(41)35(32)40)15-14-37-16-18-43-19-17-37)27-10-13-30(31(21-27)42-4)45-23-26-8-6-5-7-9-26/h5-13,20-21,24,33,39H,14-19,22-23H2,1-4H3/b34-32+. The van der Waals surface area contributed by atoms with Gasteiger partial charge in [0.1, 0.15) is 18.1 Å². The number of carbonyl (C=O) groups is 2. The molecule has 0 aliphatic carbocycles. The van der Waals surface area contributed by atoms with Gasteiger partial charge in [0.15, 0.2) is 11.5 Å². The molecule has 3 aromatic rings. The first-order valence-electron chi connectivity index (χ1n) is 15.4. The largest absolute Gasteiger partial charge is 0.507 e. The van der Waals surface area contributed by atoms with Crippen LogP contribution in [0.15, 0.2) is 72.3 Å². The number of morpholine rings is 1. The minimum absolute atomic E-state index is 0.0425. The number of carbonyl (C=O) groups excluding carboxylic acids is 2. The molecule has 2 saturated heterocycles. The third-order valence-electron chi connectivity index (χ3n) is 8.08.